The van der Waals surface area contributed by atoms with Crippen LogP contribution >= 0.6 is 0 Å². The van der Waals surface area contributed by atoms with Crippen molar-refractivity contribution in [2.45, 2.75) is 33.6 Å². The maximum Gasteiger partial charge on any atom is 0.155 e. The van der Waals surface area contributed by atoms with Gasteiger partial charge in [-0.2, -0.15) is 0 Å². The van der Waals surface area contributed by atoms with Crippen LogP contribution in [0.15, 0.2) is 0 Å². The minimum atomic E-state index is 0.0959. The van der Waals surface area contributed by atoms with E-state index in [4.69, 9.17) is 4.74 Å². The lowest BCUT2D eigenvalue weighted by atomic mass is 10.3. The predicted molar refractivity (Wildman–Crippen MR) is 56.0 cm³/mol. The largest absolute Gasteiger partial charge is 0.374 e. The second-order valence-electron chi connectivity index (χ2n) is 2.57. The molecular weight excluding hydrogens is 166 g/mol. The first-order chi connectivity index (χ1) is 6.27. The Balaban J connectivity index is 0. The molecule has 13 heavy (non-hydrogen) atoms. The van der Waals surface area contributed by atoms with E-state index in [1.54, 1.807) is 0 Å². The fourth-order valence-electron chi connectivity index (χ4n) is 0.722. The molecule has 0 rings (SSSR count). The summed E-state index contributed by atoms with van der Waals surface area (Å²) in [7, 11) is 1.93. The van der Waals surface area contributed by atoms with Crippen LogP contribution in [-0.2, 0) is 9.53 Å². The minimum absolute atomic E-state index is 0.0959. The summed E-state index contributed by atoms with van der Waals surface area (Å²) < 4.78 is 5.06. The highest BCUT2D eigenvalue weighted by Gasteiger charge is 1.92. The van der Waals surface area contributed by atoms with E-state index in [1.165, 1.54) is 6.92 Å². The molecule has 0 saturated heterocycles. The van der Waals surface area contributed by atoms with Crippen LogP contribution in [0.5, 0.6) is 0 Å². The van der Waals surface area contributed by atoms with E-state index in [0.29, 0.717) is 6.61 Å². The first-order valence-electron chi connectivity index (χ1n) is 4.99. The van der Waals surface area contributed by atoms with Crippen molar-refractivity contribution >= 4 is 5.78 Å². The Kier molecular flexibility index (Phi) is 16.4. The van der Waals surface area contributed by atoms with Crippen LogP contribution in [0.25, 0.3) is 0 Å². The molecular formula is C10H23NO2. The van der Waals surface area contributed by atoms with Crippen molar-refractivity contribution in [3.8, 4) is 0 Å². The van der Waals surface area contributed by atoms with Crippen LogP contribution in [0.2, 0.25) is 0 Å². The Labute approximate surface area is 81.9 Å². The third-order valence-corrected chi connectivity index (χ3v) is 1.27. The van der Waals surface area contributed by atoms with Gasteiger partial charge in [-0.15, -0.1) is 0 Å². The quantitative estimate of drug-likeness (QED) is 0.618. The topological polar surface area (TPSA) is 38.3 Å². The molecule has 0 aromatic heterocycles. The van der Waals surface area contributed by atoms with Crippen molar-refractivity contribution in [1.29, 1.82) is 0 Å². The van der Waals surface area contributed by atoms with Crippen molar-refractivity contribution in [3.63, 3.8) is 0 Å². The molecule has 0 fully saturated rings. The Morgan fingerprint density at radius 3 is 2.38 bits per heavy atom. The van der Waals surface area contributed by atoms with Gasteiger partial charge in [-0.05, 0) is 33.4 Å². The molecule has 0 atom stereocenters. The molecule has 0 saturated carbocycles. The molecule has 3 nitrogen and oxygen atoms in total. The number of carbonyl (C=O) groups is 1. The standard InChI is InChI=1S/C8H17NO2.C2H6/c1-8(10)7-11-6-4-3-5-9-2;1-2/h9H,3-7H2,1-2H3;1-2H3. The van der Waals surface area contributed by atoms with Crippen molar-refractivity contribution in [1.82, 2.24) is 5.32 Å². The molecule has 0 radical (unpaired) electrons. The Bertz CT molecular complexity index is 105. The van der Waals surface area contributed by atoms with Crippen molar-refractivity contribution in [2.24, 2.45) is 0 Å². The third kappa shape index (κ3) is 18.5. The number of hydrogen-bond donors (Lipinski definition) is 1. The molecule has 0 aliphatic carbocycles. The van der Waals surface area contributed by atoms with Gasteiger partial charge in [-0.25, -0.2) is 0 Å². The maximum absolute atomic E-state index is 10.4. The summed E-state index contributed by atoms with van der Waals surface area (Å²) >= 11 is 0. The van der Waals surface area contributed by atoms with Crippen LogP contribution in [-0.4, -0.2) is 32.6 Å². The number of ketones is 1. The van der Waals surface area contributed by atoms with Crippen LogP contribution < -0.4 is 5.32 Å². The maximum atomic E-state index is 10.4. The SMILES string of the molecule is CC.CNCCCCOCC(C)=O. The summed E-state index contributed by atoms with van der Waals surface area (Å²) in [4.78, 5) is 10.4. The van der Waals surface area contributed by atoms with E-state index in [2.05, 4.69) is 5.32 Å². The zero-order chi connectivity index (χ0) is 10.5. The minimum Gasteiger partial charge on any atom is -0.374 e. The zero-order valence-electron chi connectivity index (χ0n) is 9.35. The normalized spacial score (nSPS) is 8.92. The molecule has 0 aliphatic heterocycles. The second kappa shape index (κ2) is 14.1. The van der Waals surface area contributed by atoms with E-state index in [-0.39, 0.29) is 12.4 Å². The van der Waals surface area contributed by atoms with Crippen molar-refractivity contribution in [3.05, 3.63) is 0 Å². The van der Waals surface area contributed by atoms with Gasteiger partial charge in [-0.1, -0.05) is 13.8 Å². The monoisotopic (exact) mass is 189 g/mol. The number of unbranched alkanes of at least 4 members (excludes halogenated alkanes) is 1. The number of nitrogens with one attached hydrogen (secondary N) is 1. The molecule has 0 unspecified atom stereocenters. The number of rotatable bonds is 7. The van der Waals surface area contributed by atoms with Gasteiger partial charge < -0.3 is 10.1 Å². The van der Waals surface area contributed by atoms with Gasteiger partial charge in [0.15, 0.2) is 5.78 Å². The van der Waals surface area contributed by atoms with Crippen molar-refractivity contribution in [2.75, 3.05) is 26.8 Å². The Hall–Kier alpha value is -0.410. The van der Waals surface area contributed by atoms with E-state index < -0.39 is 0 Å². The predicted octanol–water partition coefficient (Wildman–Crippen LogP) is 1.62. The average Bonchev–Trinajstić information content (AvgIpc) is 2.14. The van der Waals surface area contributed by atoms with Gasteiger partial charge in [0.1, 0.15) is 6.61 Å². The molecule has 1 N–H and O–H groups in total. The summed E-state index contributed by atoms with van der Waals surface area (Å²) in [5.41, 5.74) is 0. The molecule has 0 spiro atoms. The van der Waals surface area contributed by atoms with E-state index in [0.717, 1.165) is 19.4 Å². The van der Waals surface area contributed by atoms with Crippen LogP contribution in [0.3, 0.4) is 0 Å². The molecule has 0 heterocycles. The van der Waals surface area contributed by atoms with Gasteiger partial charge in [0.2, 0.25) is 0 Å². The van der Waals surface area contributed by atoms with Crippen molar-refractivity contribution < 1.29 is 9.53 Å². The lowest BCUT2D eigenvalue weighted by Crippen LogP contribution is -2.10. The van der Waals surface area contributed by atoms with Gasteiger partial charge in [0.25, 0.3) is 0 Å². The third-order valence-electron chi connectivity index (χ3n) is 1.27. The van der Waals surface area contributed by atoms with Gasteiger partial charge in [0, 0.05) is 6.61 Å². The molecule has 0 aliphatic rings. The lowest BCUT2D eigenvalue weighted by molar-refractivity contribution is -0.121. The van der Waals surface area contributed by atoms with Crippen LogP contribution in [0.1, 0.15) is 33.6 Å². The number of hydrogen-bond acceptors (Lipinski definition) is 3. The zero-order valence-corrected chi connectivity index (χ0v) is 9.35. The Morgan fingerprint density at radius 2 is 1.92 bits per heavy atom. The lowest BCUT2D eigenvalue weighted by Gasteiger charge is -2.00. The summed E-state index contributed by atoms with van der Waals surface area (Å²) in [5.74, 6) is 0.0959. The van der Waals surface area contributed by atoms with Gasteiger partial charge in [0.05, 0.1) is 0 Å². The first kappa shape index (κ1) is 15.1. The Morgan fingerprint density at radius 1 is 1.31 bits per heavy atom. The van der Waals surface area contributed by atoms with Crippen LogP contribution in [0, 0.1) is 0 Å². The summed E-state index contributed by atoms with van der Waals surface area (Å²) in [6.07, 6.45) is 2.13. The van der Waals surface area contributed by atoms with Crippen LogP contribution in [0.4, 0.5) is 0 Å². The number of ether oxygens (including phenoxy) is 1. The smallest absolute Gasteiger partial charge is 0.155 e. The highest BCUT2D eigenvalue weighted by molar-refractivity contribution is 5.76. The number of Topliss-reactive ketones (excluding diaryl/α,β-unsaturated/α-hetero) is 1. The average molecular weight is 189 g/mol. The highest BCUT2D eigenvalue weighted by Crippen LogP contribution is 1.88. The summed E-state index contributed by atoms with van der Waals surface area (Å²) in [6, 6.07) is 0. The molecule has 80 valence electrons. The fourth-order valence-corrected chi connectivity index (χ4v) is 0.722. The van der Waals surface area contributed by atoms with E-state index in [9.17, 15) is 4.79 Å². The van der Waals surface area contributed by atoms with Gasteiger partial charge in [-0.3, -0.25) is 4.79 Å². The fraction of sp³-hybridized carbons (Fsp3) is 0.900. The molecule has 0 amide bonds. The molecule has 0 aromatic rings. The number of carbonyl (C=O) groups excluding carboxylic acids is 1. The van der Waals surface area contributed by atoms with E-state index in [1.807, 2.05) is 20.9 Å². The molecule has 0 aromatic carbocycles. The van der Waals surface area contributed by atoms with Gasteiger partial charge >= 0.3 is 0 Å². The van der Waals surface area contributed by atoms with E-state index >= 15 is 0 Å². The first-order valence-corrected chi connectivity index (χ1v) is 4.99. The molecule has 3 heteroatoms. The molecule has 0 bridgehead atoms. The summed E-state index contributed by atoms with van der Waals surface area (Å²) in [6.45, 7) is 7.51. The highest BCUT2D eigenvalue weighted by atomic mass is 16.5. The second-order valence-corrected chi connectivity index (χ2v) is 2.57. The summed E-state index contributed by atoms with van der Waals surface area (Å²) in [5, 5.41) is 3.04.